The first-order valence-corrected chi connectivity index (χ1v) is 20.2. The lowest BCUT2D eigenvalue weighted by Gasteiger charge is -2.13. The van der Waals surface area contributed by atoms with E-state index in [-0.39, 0.29) is 0 Å². The molecule has 0 aliphatic carbocycles. The highest BCUT2D eigenvalue weighted by Crippen LogP contribution is 2.45. The van der Waals surface area contributed by atoms with Crippen molar-refractivity contribution in [3.63, 3.8) is 0 Å². The predicted molar refractivity (Wildman–Crippen MR) is 247 cm³/mol. The van der Waals surface area contributed by atoms with E-state index in [0.29, 0.717) is 18.2 Å². The first-order valence-electron chi connectivity index (χ1n) is 19.3. The maximum Gasteiger partial charge on any atom is 0.157 e. The van der Waals surface area contributed by atoms with Gasteiger partial charge in [-0.2, -0.15) is 0 Å². The molecule has 0 bridgehead atoms. The number of benzene rings is 7. The molecule has 3 aromatic heterocycles. The van der Waals surface area contributed by atoms with E-state index in [1.807, 2.05) is 90.2 Å². The van der Waals surface area contributed by atoms with Crippen LogP contribution in [0.5, 0.6) is 0 Å². The van der Waals surface area contributed by atoms with Crippen LogP contribution in [0.25, 0.3) is 75.9 Å². The summed E-state index contributed by atoms with van der Waals surface area (Å²) in [6.07, 6.45) is 6.02. The lowest BCUT2D eigenvalue weighted by atomic mass is 9.96. The Balaban J connectivity index is 1.16. The minimum Gasteiger partial charge on any atom is -0.456 e. The second-order valence-electron chi connectivity index (χ2n) is 14.4. The van der Waals surface area contributed by atoms with Crippen LogP contribution in [0.2, 0.25) is 0 Å². The second-order valence-corrected chi connectivity index (χ2v) is 15.5. The van der Waals surface area contributed by atoms with Crippen LogP contribution in [0.1, 0.15) is 27.9 Å². The average Bonchev–Trinajstić information content (AvgIpc) is 3.94. The number of hydrogen-bond acceptors (Lipinski definition) is 3. The van der Waals surface area contributed by atoms with E-state index in [4.69, 9.17) is 20.1 Å². The van der Waals surface area contributed by atoms with Crippen LogP contribution in [0.15, 0.2) is 191 Å². The van der Waals surface area contributed by atoms with Crippen molar-refractivity contribution in [2.45, 2.75) is 13.5 Å². The van der Waals surface area contributed by atoms with Gasteiger partial charge in [0.15, 0.2) is 5.84 Å². The van der Waals surface area contributed by atoms with E-state index < -0.39 is 0 Å². The summed E-state index contributed by atoms with van der Waals surface area (Å²) < 4.78 is 11.4. The molecule has 3 heterocycles. The fourth-order valence-corrected chi connectivity index (χ4v) is 9.38. The van der Waals surface area contributed by atoms with Gasteiger partial charge in [-0.05, 0) is 77.7 Å². The van der Waals surface area contributed by atoms with Gasteiger partial charge in [0.25, 0.3) is 0 Å². The molecular weight excluding hydrogens is 729 g/mol. The largest absolute Gasteiger partial charge is 0.456 e. The number of nitrogens with two attached hydrogens (primary N) is 1. The van der Waals surface area contributed by atoms with Crippen LogP contribution in [-0.4, -0.2) is 16.2 Å². The molecule has 7 aromatic carbocycles. The van der Waals surface area contributed by atoms with Gasteiger partial charge in [-0.1, -0.05) is 134 Å². The number of amidine groups is 2. The van der Waals surface area contributed by atoms with Crippen molar-refractivity contribution in [2.24, 2.45) is 15.7 Å². The van der Waals surface area contributed by atoms with Gasteiger partial charge in [0.2, 0.25) is 0 Å². The molecule has 0 fully saturated rings. The number of rotatable bonds is 8. The minimum atomic E-state index is 0.375. The lowest BCUT2D eigenvalue weighted by Crippen LogP contribution is -2.17. The topological polar surface area (TPSA) is 68.8 Å². The predicted octanol–water partition coefficient (Wildman–Crippen LogP) is 13.4. The maximum absolute atomic E-state index is 6.96. The molecule has 10 aromatic rings. The molecule has 278 valence electrons. The summed E-state index contributed by atoms with van der Waals surface area (Å²) in [7, 11) is 0. The Bertz CT molecular complexity index is 3290. The van der Waals surface area contributed by atoms with Gasteiger partial charge in [0, 0.05) is 53.2 Å². The monoisotopic (exact) mass is 766 g/mol. The van der Waals surface area contributed by atoms with Crippen LogP contribution in [-0.2, 0) is 6.54 Å². The number of aromatic nitrogens is 1. The molecule has 5 nitrogen and oxygen atoms in total. The van der Waals surface area contributed by atoms with Crippen LogP contribution >= 0.6 is 11.3 Å². The standard InChI is InChI=1S/C52H38N4OS/c1-3-4-23-41-33(2)37-20-11-12-24-42(37)56(41)43-25-15-28-47-50(43)49-38(21-14-27-46(49)58-47)36-29-30-44-40(31-36)48-39(22-13-26-45(48)57-44)51(53)55-52(35-18-9-6-10-19-35)54-32-34-16-7-5-8-17-34/h3-31H,1,32H2,2H3,(H2,53,54,55)/b23-4-. The van der Waals surface area contributed by atoms with E-state index in [1.165, 1.54) is 36.6 Å². The molecule has 0 aliphatic heterocycles. The molecule has 0 saturated carbocycles. The Hall–Kier alpha value is -7.28. The van der Waals surface area contributed by atoms with Gasteiger partial charge in [-0.15, -0.1) is 11.3 Å². The third-order valence-corrected chi connectivity index (χ3v) is 12.0. The number of thiophene rings is 1. The summed E-state index contributed by atoms with van der Waals surface area (Å²) in [5, 5.41) is 5.58. The van der Waals surface area contributed by atoms with Crippen LogP contribution in [0.3, 0.4) is 0 Å². The highest BCUT2D eigenvalue weighted by molar-refractivity contribution is 7.26. The van der Waals surface area contributed by atoms with Gasteiger partial charge < -0.3 is 14.7 Å². The summed E-state index contributed by atoms with van der Waals surface area (Å²) in [4.78, 5) is 9.94. The Morgan fingerprint density at radius 1 is 0.724 bits per heavy atom. The lowest BCUT2D eigenvalue weighted by molar-refractivity contribution is 0.669. The number of para-hydroxylation sites is 1. The Kier molecular flexibility index (Phi) is 8.89. The van der Waals surface area contributed by atoms with Crippen molar-refractivity contribution in [3.8, 4) is 16.8 Å². The number of furan rings is 1. The van der Waals surface area contributed by atoms with Crippen LogP contribution in [0, 0.1) is 6.92 Å². The maximum atomic E-state index is 6.96. The number of aryl methyl sites for hydroxylation is 1. The summed E-state index contributed by atoms with van der Waals surface area (Å²) in [5.41, 5.74) is 18.2. The van der Waals surface area contributed by atoms with Crippen molar-refractivity contribution in [2.75, 3.05) is 0 Å². The third kappa shape index (κ3) is 6.02. The number of nitrogens with zero attached hydrogens (tertiary/aromatic N) is 3. The zero-order chi connectivity index (χ0) is 39.2. The average molecular weight is 767 g/mol. The van der Waals surface area contributed by atoms with Crippen molar-refractivity contribution in [1.82, 2.24) is 4.57 Å². The van der Waals surface area contributed by atoms with E-state index in [0.717, 1.165) is 61.1 Å². The first kappa shape index (κ1) is 35.2. The molecule has 0 unspecified atom stereocenters. The van der Waals surface area contributed by atoms with E-state index in [9.17, 15) is 0 Å². The van der Waals surface area contributed by atoms with Gasteiger partial charge in [-0.25, -0.2) is 4.99 Å². The third-order valence-electron chi connectivity index (χ3n) is 10.9. The first-order chi connectivity index (χ1) is 28.6. The Labute approximate surface area is 340 Å². The number of fused-ring (bicyclic) bond motifs is 7. The van der Waals surface area contributed by atoms with E-state index in [1.54, 1.807) is 0 Å². The molecule has 0 spiro atoms. The van der Waals surface area contributed by atoms with Gasteiger partial charge in [0.1, 0.15) is 17.0 Å². The van der Waals surface area contributed by atoms with Crippen molar-refractivity contribution in [1.29, 1.82) is 0 Å². The smallest absolute Gasteiger partial charge is 0.157 e. The highest BCUT2D eigenvalue weighted by atomic mass is 32.1. The second kappa shape index (κ2) is 14.7. The van der Waals surface area contributed by atoms with E-state index in [2.05, 4.69) is 115 Å². The van der Waals surface area contributed by atoms with Gasteiger partial charge in [0.05, 0.1) is 17.7 Å². The fourth-order valence-electron chi connectivity index (χ4n) is 8.22. The fraction of sp³-hybridized carbons (Fsp3) is 0.0385. The van der Waals surface area contributed by atoms with Crippen LogP contribution in [0.4, 0.5) is 0 Å². The Morgan fingerprint density at radius 2 is 1.47 bits per heavy atom. The Morgan fingerprint density at radius 3 is 2.29 bits per heavy atom. The SMILES string of the molecule is C=C/C=C\c1c(C)c2ccccc2n1-c1cccc2sc3cccc(-c4ccc5oc6cccc(C(N)=NC(=NCc7ccccc7)c7ccccc7)c6c5c4)c3c12. The molecule has 58 heavy (non-hydrogen) atoms. The minimum absolute atomic E-state index is 0.375. The van der Waals surface area contributed by atoms with Gasteiger partial charge >= 0.3 is 0 Å². The van der Waals surface area contributed by atoms with Crippen LogP contribution < -0.4 is 5.73 Å². The van der Waals surface area contributed by atoms with Gasteiger partial charge in [-0.3, -0.25) is 4.99 Å². The number of hydrogen-bond donors (Lipinski definition) is 1. The highest BCUT2D eigenvalue weighted by Gasteiger charge is 2.21. The molecule has 0 saturated heterocycles. The molecule has 0 amide bonds. The van der Waals surface area contributed by atoms with Crippen molar-refractivity contribution < 1.29 is 4.42 Å². The summed E-state index contributed by atoms with van der Waals surface area (Å²) >= 11 is 1.83. The van der Waals surface area contributed by atoms with Crippen molar-refractivity contribution >= 4 is 82.1 Å². The molecule has 0 atom stereocenters. The zero-order valence-corrected chi connectivity index (χ0v) is 32.7. The number of allylic oxidation sites excluding steroid dienone is 2. The molecule has 6 heteroatoms. The molecule has 2 N–H and O–H groups in total. The number of aliphatic imine (C=N–C) groups is 2. The zero-order valence-electron chi connectivity index (χ0n) is 31.9. The molecule has 0 radical (unpaired) electrons. The summed E-state index contributed by atoms with van der Waals surface area (Å²) in [6, 6.07) is 54.6. The molecule has 10 rings (SSSR count). The summed E-state index contributed by atoms with van der Waals surface area (Å²) in [6.45, 7) is 6.66. The molecule has 0 aliphatic rings. The summed E-state index contributed by atoms with van der Waals surface area (Å²) in [5.74, 6) is 0.952. The normalized spacial score (nSPS) is 12.6. The van der Waals surface area contributed by atoms with E-state index >= 15 is 0 Å². The quantitative estimate of drug-likeness (QED) is 0.0950. The van der Waals surface area contributed by atoms with Crippen molar-refractivity contribution in [3.05, 3.63) is 204 Å². The molecular formula is C52H38N4OS.